The fourth-order valence-corrected chi connectivity index (χ4v) is 3.71. The number of hydrogen-bond acceptors (Lipinski definition) is 4. The van der Waals surface area contributed by atoms with Gasteiger partial charge in [-0.1, -0.05) is 18.2 Å². The summed E-state index contributed by atoms with van der Waals surface area (Å²) >= 11 is 0. The molecule has 6 nitrogen and oxygen atoms in total. The van der Waals surface area contributed by atoms with Gasteiger partial charge in [-0.25, -0.2) is 0 Å². The SMILES string of the molecule is O=C(O)[C@H]1[C@H]2C=C[C@]3(CN(Cc4cccnc4)C(=O)[C@@H]13)O2. The Hall–Kier alpha value is -2.21. The number of pyridine rings is 1. The Morgan fingerprint density at radius 2 is 2.43 bits per heavy atom. The highest BCUT2D eigenvalue weighted by molar-refractivity contribution is 5.90. The van der Waals surface area contributed by atoms with Gasteiger partial charge in [0.2, 0.25) is 5.91 Å². The molecule has 1 aromatic heterocycles. The third-order valence-electron chi connectivity index (χ3n) is 4.56. The van der Waals surface area contributed by atoms with Gasteiger partial charge >= 0.3 is 5.97 Å². The van der Waals surface area contributed by atoms with Crippen molar-refractivity contribution in [3.63, 3.8) is 0 Å². The lowest BCUT2D eigenvalue weighted by molar-refractivity contribution is -0.148. The molecule has 4 atom stereocenters. The highest BCUT2D eigenvalue weighted by Gasteiger charge is 2.66. The quantitative estimate of drug-likeness (QED) is 0.816. The topological polar surface area (TPSA) is 79.7 Å². The van der Waals surface area contributed by atoms with E-state index in [4.69, 9.17) is 4.74 Å². The van der Waals surface area contributed by atoms with E-state index in [1.54, 1.807) is 23.4 Å². The maximum Gasteiger partial charge on any atom is 0.310 e. The second-order valence-electron chi connectivity index (χ2n) is 5.79. The van der Waals surface area contributed by atoms with Gasteiger partial charge in [-0.3, -0.25) is 14.6 Å². The first-order valence-electron chi connectivity index (χ1n) is 6.88. The molecule has 4 heterocycles. The van der Waals surface area contributed by atoms with E-state index >= 15 is 0 Å². The van der Waals surface area contributed by atoms with Crippen LogP contribution in [0.5, 0.6) is 0 Å². The molecule has 0 radical (unpaired) electrons. The smallest absolute Gasteiger partial charge is 0.310 e. The Morgan fingerprint density at radius 3 is 3.14 bits per heavy atom. The molecule has 0 aliphatic carbocycles. The average Bonchev–Trinajstić information content (AvgIpc) is 3.09. The van der Waals surface area contributed by atoms with Crippen LogP contribution in [-0.4, -0.2) is 45.1 Å². The maximum atomic E-state index is 12.6. The van der Waals surface area contributed by atoms with Gasteiger partial charge in [-0.2, -0.15) is 0 Å². The van der Waals surface area contributed by atoms with Crippen molar-refractivity contribution in [2.24, 2.45) is 11.8 Å². The van der Waals surface area contributed by atoms with Gasteiger partial charge in [0.25, 0.3) is 0 Å². The van der Waals surface area contributed by atoms with Crippen LogP contribution in [0.1, 0.15) is 5.56 Å². The number of aromatic nitrogens is 1. The second-order valence-corrected chi connectivity index (χ2v) is 5.79. The van der Waals surface area contributed by atoms with Crippen LogP contribution >= 0.6 is 0 Å². The molecule has 0 saturated carbocycles. The molecule has 108 valence electrons. The zero-order valence-electron chi connectivity index (χ0n) is 11.2. The molecule has 6 heteroatoms. The van der Waals surface area contributed by atoms with Crippen LogP contribution in [0.25, 0.3) is 0 Å². The van der Waals surface area contributed by atoms with E-state index in [0.717, 1.165) is 5.56 Å². The molecule has 3 aliphatic heterocycles. The monoisotopic (exact) mass is 286 g/mol. The van der Waals surface area contributed by atoms with Crippen molar-refractivity contribution in [3.8, 4) is 0 Å². The molecule has 2 saturated heterocycles. The number of nitrogens with zero attached hydrogens (tertiary/aromatic N) is 2. The van der Waals surface area contributed by atoms with Crippen LogP contribution in [0.4, 0.5) is 0 Å². The van der Waals surface area contributed by atoms with Crippen molar-refractivity contribution >= 4 is 11.9 Å². The summed E-state index contributed by atoms with van der Waals surface area (Å²) < 4.78 is 5.83. The molecule has 1 aromatic rings. The predicted molar refractivity (Wildman–Crippen MR) is 71.0 cm³/mol. The first-order chi connectivity index (χ1) is 10.1. The fraction of sp³-hybridized carbons (Fsp3) is 0.400. The first-order valence-corrected chi connectivity index (χ1v) is 6.88. The molecule has 0 aromatic carbocycles. The van der Waals surface area contributed by atoms with Gasteiger partial charge in [0.05, 0.1) is 18.6 Å². The van der Waals surface area contributed by atoms with E-state index in [1.807, 2.05) is 18.2 Å². The van der Waals surface area contributed by atoms with Gasteiger partial charge in [0.1, 0.15) is 11.5 Å². The number of aliphatic carboxylic acids is 1. The minimum atomic E-state index is -0.965. The summed E-state index contributed by atoms with van der Waals surface area (Å²) in [4.78, 5) is 29.8. The molecule has 1 amide bonds. The van der Waals surface area contributed by atoms with E-state index in [-0.39, 0.29) is 5.91 Å². The minimum Gasteiger partial charge on any atom is -0.481 e. The lowest BCUT2D eigenvalue weighted by Gasteiger charge is -2.21. The summed E-state index contributed by atoms with van der Waals surface area (Å²) in [5.74, 6) is -2.49. The fourth-order valence-electron chi connectivity index (χ4n) is 3.71. The predicted octanol–water partition coefficient (Wildman–Crippen LogP) is 0.448. The maximum absolute atomic E-state index is 12.6. The Morgan fingerprint density at radius 1 is 1.57 bits per heavy atom. The van der Waals surface area contributed by atoms with E-state index in [0.29, 0.717) is 13.1 Å². The average molecular weight is 286 g/mol. The second kappa shape index (κ2) is 4.14. The third kappa shape index (κ3) is 1.65. The molecule has 2 fully saturated rings. The normalized spacial score (nSPS) is 36.3. The molecular formula is C15H14N2O4. The molecule has 0 unspecified atom stereocenters. The summed E-state index contributed by atoms with van der Waals surface area (Å²) in [7, 11) is 0. The van der Waals surface area contributed by atoms with E-state index in [1.165, 1.54) is 0 Å². The van der Waals surface area contributed by atoms with Gasteiger partial charge < -0.3 is 14.7 Å². The minimum absolute atomic E-state index is 0.141. The van der Waals surface area contributed by atoms with Crippen LogP contribution in [0.2, 0.25) is 0 Å². The van der Waals surface area contributed by atoms with Crippen LogP contribution in [-0.2, 0) is 20.9 Å². The lowest BCUT2D eigenvalue weighted by atomic mass is 9.77. The Kier molecular flexibility index (Phi) is 2.47. The van der Waals surface area contributed by atoms with Gasteiger partial charge in [-0.05, 0) is 11.6 Å². The van der Waals surface area contributed by atoms with Gasteiger partial charge in [-0.15, -0.1) is 0 Å². The number of likely N-dealkylation sites (tertiary alicyclic amines) is 1. The van der Waals surface area contributed by atoms with Crippen LogP contribution in [0.3, 0.4) is 0 Å². The van der Waals surface area contributed by atoms with E-state index < -0.39 is 29.5 Å². The molecule has 3 aliphatic rings. The number of carboxylic acid groups (broad SMARTS) is 1. The number of rotatable bonds is 3. The summed E-state index contributed by atoms with van der Waals surface area (Å²) in [5, 5.41) is 9.38. The molecule has 21 heavy (non-hydrogen) atoms. The summed E-state index contributed by atoms with van der Waals surface area (Å²) in [5.41, 5.74) is 0.167. The molecule has 1 N–H and O–H groups in total. The van der Waals surface area contributed by atoms with Crippen LogP contribution in [0.15, 0.2) is 36.7 Å². The molecular weight excluding hydrogens is 272 g/mol. The van der Waals surface area contributed by atoms with Crippen molar-refractivity contribution in [2.75, 3.05) is 6.54 Å². The Labute approximate surface area is 121 Å². The van der Waals surface area contributed by atoms with Crippen molar-refractivity contribution in [1.29, 1.82) is 0 Å². The number of ether oxygens (including phenoxy) is 1. The lowest BCUT2D eigenvalue weighted by Crippen LogP contribution is -2.39. The highest BCUT2D eigenvalue weighted by atomic mass is 16.5. The molecule has 2 bridgehead atoms. The Balaban J connectivity index is 1.63. The van der Waals surface area contributed by atoms with Crippen LogP contribution in [0, 0.1) is 11.8 Å². The molecule has 4 rings (SSSR count). The zero-order valence-corrected chi connectivity index (χ0v) is 11.2. The zero-order chi connectivity index (χ0) is 14.6. The van der Waals surface area contributed by atoms with Crippen molar-refractivity contribution in [3.05, 3.63) is 42.2 Å². The number of amides is 1. The van der Waals surface area contributed by atoms with Crippen molar-refractivity contribution in [1.82, 2.24) is 9.88 Å². The van der Waals surface area contributed by atoms with Gasteiger partial charge in [0.15, 0.2) is 0 Å². The van der Waals surface area contributed by atoms with Gasteiger partial charge in [0, 0.05) is 18.9 Å². The summed E-state index contributed by atoms with van der Waals surface area (Å²) in [6.45, 7) is 0.835. The van der Waals surface area contributed by atoms with Crippen molar-refractivity contribution < 1.29 is 19.4 Å². The largest absolute Gasteiger partial charge is 0.481 e. The van der Waals surface area contributed by atoms with E-state index in [2.05, 4.69) is 4.98 Å². The summed E-state index contributed by atoms with van der Waals surface area (Å²) in [6, 6.07) is 3.71. The standard InChI is InChI=1S/C15H14N2O4/c18-13-12-11(14(19)20)10-3-4-15(12,21-10)8-17(13)7-9-2-1-5-16-6-9/h1-6,10-12H,7-8H2,(H,19,20)/t10-,11+,12-,15-/m1/s1. The first kappa shape index (κ1) is 12.5. The Bertz CT molecular complexity index is 644. The van der Waals surface area contributed by atoms with Crippen molar-refractivity contribution in [2.45, 2.75) is 18.2 Å². The van der Waals surface area contributed by atoms with E-state index in [9.17, 15) is 14.7 Å². The third-order valence-corrected chi connectivity index (χ3v) is 4.56. The van der Waals surface area contributed by atoms with Crippen LogP contribution < -0.4 is 0 Å². The molecule has 1 spiro atoms. The number of carboxylic acids is 1. The number of fused-ring (bicyclic) bond motifs is 1. The number of carbonyl (C=O) groups excluding carboxylic acids is 1. The summed E-state index contributed by atoms with van der Waals surface area (Å²) in [6.07, 6.45) is 6.55. The number of hydrogen-bond donors (Lipinski definition) is 1. The number of carbonyl (C=O) groups is 2. The highest BCUT2D eigenvalue weighted by Crippen LogP contribution is 2.52.